The molecule has 0 saturated carbocycles. The molecule has 0 aliphatic heterocycles. The highest BCUT2D eigenvalue weighted by Crippen LogP contribution is 1.79. The lowest BCUT2D eigenvalue weighted by Gasteiger charge is -1.69. The van der Waals surface area contributed by atoms with Gasteiger partial charge >= 0.3 is 0 Å². The van der Waals surface area contributed by atoms with Crippen LogP contribution in [0.1, 0.15) is 27.7 Å². The van der Waals surface area contributed by atoms with Gasteiger partial charge in [0.2, 0.25) is 0 Å². The van der Waals surface area contributed by atoms with E-state index < -0.39 is 0 Å². The Labute approximate surface area is 91.5 Å². The molecule has 0 amide bonds. The Morgan fingerprint density at radius 2 is 0.583 bits per heavy atom. The number of alkyl halides is 1. The minimum atomic E-state index is 1.97. The van der Waals surface area contributed by atoms with Crippen molar-refractivity contribution < 1.29 is 0 Å². The fourth-order valence-electron chi connectivity index (χ4n) is 0.385. The van der Waals surface area contributed by atoms with E-state index in [1.807, 2.05) is 69.0 Å². The zero-order valence-electron chi connectivity index (χ0n) is 8.84. The van der Waals surface area contributed by atoms with Gasteiger partial charge in [0.05, 0.1) is 0 Å². The maximum atomic E-state index is 2.15. The van der Waals surface area contributed by atoms with Gasteiger partial charge in [0.25, 0.3) is 0 Å². The lowest BCUT2D eigenvalue weighted by Crippen LogP contribution is -1.47. The molecular weight excluding hydrogens is 259 g/mol. The smallest absolute Gasteiger partial charge is 0.0121 e. The zero-order chi connectivity index (χ0) is 10.2. The molecule has 0 atom stereocenters. The molecule has 1 rings (SSSR count). The van der Waals surface area contributed by atoms with Crippen LogP contribution < -0.4 is 0 Å². The molecule has 0 bridgehead atoms. The Hall–Kier alpha value is -0.0500. The summed E-state index contributed by atoms with van der Waals surface area (Å²) in [7, 11) is 0. The fourth-order valence-corrected chi connectivity index (χ4v) is 0.385. The number of hydrogen-bond acceptors (Lipinski definition) is 0. The second-order valence-electron chi connectivity index (χ2n) is 1.15. The highest BCUT2D eigenvalue weighted by Gasteiger charge is 1.57. The molecule has 12 heavy (non-hydrogen) atoms. The van der Waals surface area contributed by atoms with Gasteiger partial charge in [-0.3, -0.25) is 0 Å². The lowest BCUT2D eigenvalue weighted by molar-refractivity contribution is 1.50. The predicted octanol–water partition coefficient (Wildman–Crippen LogP) is 4.79. The van der Waals surface area contributed by atoms with Crippen molar-refractivity contribution in [2.45, 2.75) is 27.7 Å². The Balaban J connectivity index is -0.000000117. The normalized spacial score (nSPS) is 5.50. The quantitative estimate of drug-likeness (QED) is 0.473. The molecule has 72 valence electrons. The molecule has 0 radical (unpaired) electrons. The molecule has 1 aromatic rings. The summed E-state index contributed by atoms with van der Waals surface area (Å²) in [6, 6.07) is 12.0. The minimum Gasteiger partial charge on any atom is -0.0901 e. The third-order valence-electron chi connectivity index (χ3n) is 0.667. The average molecular weight is 280 g/mol. The highest BCUT2D eigenvalue weighted by atomic mass is 127. The molecule has 0 aliphatic rings. The van der Waals surface area contributed by atoms with Crippen LogP contribution >= 0.6 is 22.6 Å². The third-order valence-corrected chi connectivity index (χ3v) is 0.667. The van der Waals surface area contributed by atoms with Crippen LogP contribution in [0.4, 0.5) is 0 Å². The van der Waals surface area contributed by atoms with Gasteiger partial charge in [-0.2, -0.15) is 0 Å². The van der Waals surface area contributed by atoms with Gasteiger partial charge in [-0.1, -0.05) is 86.7 Å². The third kappa shape index (κ3) is 22.5. The molecule has 0 N–H and O–H groups in total. The van der Waals surface area contributed by atoms with Crippen molar-refractivity contribution in [3.05, 3.63) is 36.4 Å². The van der Waals surface area contributed by atoms with E-state index in [-0.39, 0.29) is 0 Å². The van der Waals surface area contributed by atoms with Crippen LogP contribution in [-0.4, -0.2) is 4.93 Å². The number of hydrogen-bond donors (Lipinski definition) is 0. The molecular formula is C11H21I. The van der Waals surface area contributed by atoms with Crippen LogP contribution in [0.5, 0.6) is 0 Å². The molecule has 0 nitrogen and oxygen atoms in total. The maximum Gasteiger partial charge on any atom is -0.0121 e. The lowest BCUT2D eigenvalue weighted by atomic mass is 10.4. The van der Waals surface area contributed by atoms with E-state index in [2.05, 4.69) is 22.6 Å². The summed E-state index contributed by atoms with van der Waals surface area (Å²) >= 11 is 2.15. The summed E-state index contributed by atoms with van der Waals surface area (Å²) in [6.07, 6.45) is 0. The van der Waals surface area contributed by atoms with Crippen LogP contribution in [-0.2, 0) is 0 Å². The van der Waals surface area contributed by atoms with E-state index in [0.717, 1.165) is 0 Å². The Kier molecular flexibility index (Phi) is 45.6. The van der Waals surface area contributed by atoms with Gasteiger partial charge in [0.1, 0.15) is 0 Å². The van der Waals surface area contributed by atoms with E-state index in [9.17, 15) is 0 Å². The summed E-state index contributed by atoms with van der Waals surface area (Å²) in [5.74, 6) is 0. The highest BCUT2D eigenvalue weighted by molar-refractivity contribution is 14.1. The molecule has 1 heteroatoms. The summed E-state index contributed by atoms with van der Waals surface area (Å²) in [5.41, 5.74) is 0. The molecule has 0 heterocycles. The number of benzene rings is 1. The van der Waals surface area contributed by atoms with Gasteiger partial charge in [0.15, 0.2) is 0 Å². The van der Waals surface area contributed by atoms with Crippen molar-refractivity contribution in [1.29, 1.82) is 0 Å². The monoisotopic (exact) mass is 280 g/mol. The Bertz CT molecular complexity index is 76.9. The standard InChI is InChI=1S/C6H6.2C2H6.CH3I/c1-2-4-6-5-3-1;3*1-2/h1-6H;2*1-2H3;1H3. The van der Waals surface area contributed by atoms with Gasteiger partial charge in [-0.05, 0) is 4.93 Å². The molecule has 0 aromatic heterocycles. The average Bonchev–Trinajstić information content (AvgIpc) is 2.29. The Morgan fingerprint density at radius 1 is 0.500 bits per heavy atom. The fraction of sp³-hybridized carbons (Fsp3) is 0.455. The second kappa shape index (κ2) is 30.6. The summed E-state index contributed by atoms with van der Waals surface area (Å²) in [5, 5.41) is 0. The maximum absolute atomic E-state index is 2.15. The molecule has 0 aliphatic carbocycles. The predicted molar refractivity (Wildman–Crippen MR) is 69.1 cm³/mol. The van der Waals surface area contributed by atoms with Crippen LogP contribution in [0.15, 0.2) is 36.4 Å². The number of rotatable bonds is 0. The minimum absolute atomic E-state index is 1.97. The van der Waals surface area contributed by atoms with Gasteiger partial charge in [-0.25, -0.2) is 0 Å². The van der Waals surface area contributed by atoms with Crippen LogP contribution in [0.2, 0.25) is 0 Å². The van der Waals surface area contributed by atoms with Crippen molar-refractivity contribution in [1.82, 2.24) is 0 Å². The molecule has 0 fully saturated rings. The zero-order valence-corrected chi connectivity index (χ0v) is 11.0. The van der Waals surface area contributed by atoms with E-state index >= 15 is 0 Å². The first-order valence-electron chi connectivity index (χ1n) is 4.38. The van der Waals surface area contributed by atoms with E-state index in [0.29, 0.717) is 0 Å². The topological polar surface area (TPSA) is 0 Å². The van der Waals surface area contributed by atoms with E-state index in [4.69, 9.17) is 0 Å². The number of halogens is 1. The summed E-state index contributed by atoms with van der Waals surface area (Å²) in [4.78, 5) is 1.97. The van der Waals surface area contributed by atoms with Crippen molar-refractivity contribution in [2.75, 3.05) is 4.93 Å². The van der Waals surface area contributed by atoms with Crippen LogP contribution in [0.25, 0.3) is 0 Å². The van der Waals surface area contributed by atoms with Gasteiger partial charge in [-0.15, -0.1) is 0 Å². The van der Waals surface area contributed by atoms with Gasteiger partial charge < -0.3 is 0 Å². The first-order valence-corrected chi connectivity index (χ1v) is 6.54. The van der Waals surface area contributed by atoms with E-state index in [1.54, 1.807) is 0 Å². The van der Waals surface area contributed by atoms with Crippen molar-refractivity contribution in [2.24, 2.45) is 0 Å². The Morgan fingerprint density at radius 3 is 0.667 bits per heavy atom. The van der Waals surface area contributed by atoms with Crippen LogP contribution in [0.3, 0.4) is 0 Å². The first-order chi connectivity index (χ1) is 6.00. The van der Waals surface area contributed by atoms with Crippen molar-refractivity contribution >= 4 is 22.6 Å². The summed E-state index contributed by atoms with van der Waals surface area (Å²) in [6.45, 7) is 8.00. The molecule has 1 aromatic carbocycles. The van der Waals surface area contributed by atoms with Crippen LogP contribution in [0, 0.1) is 0 Å². The van der Waals surface area contributed by atoms with Crippen molar-refractivity contribution in [3.63, 3.8) is 0 Å². The first kappa shape index (κ1) is 17.9. The molecule has 0 spiro atoms. The molecule has 0 unspecified atom stereocenters. The largest absolute Gasteiger partial charge is 0.0901 e. The molecule has 0 saturated heterocycles. The van der Waals surface area contributed by atoms with Crippen molar-refractivity contribution in [3.8, 4) is 0 Å². The second-order valence-corrected chi connectivity index (χ2v) is 1.15. The van der Waals surface area contributed by atoms with E-state index in [1.165, 1.54) is 0 Å². The SMILES string of the molecule is CC.CC.CI.c1ccccc1. The summed E-state index contributed by atoms with van der Waals surface area (Å²) < 4.78 is 0. The van der Waals surface area contributed by atoms with Gasteiger partial charge in [0, 0.05) is 0 Å².